The van der Waals surface area contributed by atoms with E-state index in [1.165, 1.54) is 0 Å². The second-order valence-corrected chi connectivity index (χ2v) is 3.76. The Labute approximate surface area is 84.3 Å². The van der Waals surface area contributed by atoms with Gasteiger partial charge in [-0.25, -0.2) is 0 Å². The zero-order valence-electron chi connectivity index (χ0n) is 7.17. The van der Waals surface area contributed by atoms with Gasteiger partial charge >= 0.3 is 0 Å². The number of aliphatic hydroxyl groups is 1. The minimum Gasteiger partial charge on any atom is -0.463 e. The second kappa shape index (κ2) is 3.16. The summed E-state index contributed by atoms with van der Waals surface area (Å²) in [6, 6.07) is 5.84. The summed E-state index contributed by atoms with van der Waals surface area (Å²) >= 11 is 3.45. The van der Waals surface area contributed by atoms with E-state index in [1.54, 1.807) is 0 Å². The molecular formula is C10H9BrO2. The number of hydrogen-bond acceptors (Lipinski definition) is 2. The summed E-state index contributed by atoms with van der Waals surface area (Å²) in [6.07, 6.45) is 0. The highest BCUT2D eigenvalue weighted by molar-refractivity contribution is 9.10. The summed E-state index contributed by atoms with van der Waals surface area (Å²) < 4.78 is 6.42. The average Bonchev–Trinajstić information content (AvgIpc) is 2.44. The molecule has 68 valence electrons. The molecule has 0 spiro atoms. The van der Waals surface area contributed by atoms with Gasteiger partial charge in [0, 0.05) is 15.2 Å². The van der Waals surface area contributed by atoms with E-state index in [0.29, 0.717) is 5.76 Å². The highest BCUT2D eigenvalue weighted by Gasteiger charge is 2.10. The van der Waals surface area contributed by atoms with E-state index in [0.717, 1.165) is 21.0 Å². The summed E-state index contributed by atoms with van der Waals surface area (Å²) in [4.78, 5) is 0. The first-order valence-corrected chi connectivity index (χ1v) is 4.80. The molecule has 2 aromatic rings. The lowest BCUT2D eigenvalue weighted by Crippen LogP contribution is -1.77. The maximum Gasteiger partial charge on any atom is 0.137 e. The van der Waals surface area contributed by atoms with Crippen LogP contribution in [0.15, 0.2) is 27.1 Å². The molecule has 0 saturated carbocycles. The van der Waals surface area contributed by atoms with E-state index >= 15 is 0 Å². The highest BCUT2D eigenvalue weighted by Crippen LogP contribution is 2.31. The molecule has 0 atom stereocenters. The quantitative estimate of drug-likeness (QED) is 0.832. The van der Waals surface area contributed by atoms with Crippen LogP contribution in [0.1, 0.15) is 11.5 Å². The van der Waals surface area contributed by atoms with Crippen molar-refractivity contribution in [3.8, 4) is 0 Å². The van der Waals surface area contributed by atoms with E-state index in [9.17, 15) is 0 Å². The fourth-order valence-electron chi connectivity index (χ4n) is 1.52. The van der Waals surface area contributed by atoms with Crippen LogP contribution in [0, 0.1) is 6.92 Å². The molecule has 0 aliphatic carbocycles. The minimum atomic E-state index is -0.0548. The van der Waals surface area contributed by atoms with Crippen molar-refractivity contribution in [1.82, 2.24) is 0 Å². The lowest BCUT2D eigenvalue weighted by atomic mass is 10.1. The standard InChI is InChI=1S/C10H9BrO2/c1-6-10-7(9(5-12)13-6)3-2-4-8(10)11/h2-4,12H,5H2,1H3. The van der Waals surface area contributed by atoms with Crippen LogP contribution in [0.2, 0.25) is 0 Å². The second-order valence-electron chi connectivity index (χ2n) is 2.90. The van der Waals surface area contributed by atoms with E-state index in [2.05, 4.69) is 15.9 Å². The van der Waals surface area contributed by atoms with Crippen molar-refractivity contribution >= 4 is 26.7 Å². The number of furan rings is 1. The van der Waals surface area contributed by atoms with Crippen molar-refractivity contribution in [2.24, 2.45) is 0 Å². The van der Waals surface area contributed by atoms with Crippen molar-refractivity contribution in [2.75, 3.05) is 0 Å². The van der Waals surface area contributed by atoms with Crippen molar-refractivity contribution in [3.05, 3.63) is 34.2 Å². The molecule has 13 heavy (non-hydrogen) atoms. The largest absolute Gasteiger partial charge is 0.463 e. The number of halogens is 1. The zero-order chi connectivity index (χ0) is 9.42. The first kappa shape index (κ1) is 8.78. The monoisotopic (exact) mass is 240 g/mol. The third-order valence-electron chi connectivity index (χ3n) is 2.09. The van der Waals surface area contributed by atoms with Gasteiger partial charge < -0.3 is 9.52 Å². The molecule has 3 heteroatoms. The molecule has 0 unspecified atom stereocenters. The lowest BCUT2D eigenvalue weighted by molar-refractivity contribution is 0.247. The third-order valence-corrected chi connectivity index (χ3v) is 2.75. The van der Waals surface area contributed by atoms with Gasteiger partial charge in [-0.05, 0) is 13.0 Å². The molecule has 0 aliphatic rings. The maximum atomic E-state index is 9.03. The summed E-state index contributed by atoms with van der Waals surface area (Å²) in [7, 11) is 0. The Bertz CT molecular complexity index is 445. The fourth-order valence-corrected chi connectivity index (χ4v) is 2.17. The van der Waals surface area contributed by atoms with Gasteiger partial charge in [0.25, 0.3) is 0 Å². The maximum absolute atomic E-state index is 9.03. The molecule has 0 bridgehead atoms. The van der Waals surface area contributed by atoms with Crippen molar-refractivity contribution in [2.45, 2.75) is 13.5 Å². The molecule has 0 fully saturated rings. The Morgan fingerprint density at radius 3 is 2.92 bits per heavy atom. The third kappa shape index (κ3) is 1.28. The van der Waals surface area contributed by atoms with Crippen LogP contribution in [0.25, 0.3) is 10.8 Å². The first-order chi connectivity index (χ1) is 6.24. The van der Waals surface area contributed by atoms with E-state index < -0.39 is 0 Å². The van der Waals surface area contributed by atoms with E-state index in [-0.39, 0.29) is 6.61 Å². The molecule has 1 heterocycles. The Morgan fingerprint density at radius 1 is 1.46 bits per heavy atom. The van der Waals surface area contributed by atoms with Crippen LogP contribution >= 0.6 is 15.9 Å². The van der Waals surface area contributed by atoms with Gasteiger partial charge in [0.15, 0.2) is 0 Å². The van der Waals surface area contributed by atoms with Crippen LogP contribution < -0.4 is 0 Å². The lowest BCUT2D eigenvalue weighted by Gasteiger charge is -1.93. The molecule has 1 aromatic carbocycles. The SMILES string of the molecule is Cc1oc(CO)c2cccc(Br)c12. The van der Waals surface area contributed by atoms with Gasteiger partial charge in [-0.3, -0.25) is 0 Å². The smallest absolute Gasteiger partial charge is 0.137 e. The summed E-state index contributed by atoms with van der Waals surface area (Å²) in [5.74, 6) is 1.47. The summed E-state index contributed by atoms with van der Waals surface area (Å²) in [5, 5.41) is 11.1. The Kier molecular flexibility index (Phi) is 2.14. The number of rotatable bonds is 1. The van der Waals surface area contributed by atoms with Crippen LogP contribution in [0.4, 0.5) is 0 Å². The van der Waals surface area contributed by atoms with Crippen LogP contribution in [-0.2, 0) is 6.61 Å². The molecule has 2 rings (SSSR count). The fraction of sp³-hybridized carbons (Fsp3) is 0.200. The molecule has 0 radical (unpaired) electrons. The van der Waals surface area contributed by atoms with Crippen LogP contribution in [0.3, 0.4) is 0 Å². The topological polar surface area (TPSA) is 33.4 Å². The minimum absolute atomic E-state index is 0.0548. The molecular weight excluding hydrogens is 232 g/mol. The summed E-state index contributed by atoms with van der Waals surface area (Å²) in [6.45, 7) is 1.84. The number of aliphatic hydroxyl groups excluding tert-OH is 1. The highest BCUT2D eigenvalue weighted by atomic mass is 79.9. The Hall–Kier alpha value is -0.800. The van der Waals surface area contributed by atoms with Crippen LogP contribution in [-0.4, -0.2) is 5.11 Å². The zero-order valence-corrected chi connectivity index (χ0v) is 8.76. The molecule has 0 saturated heterocycles. The molecule has 2 nitrogen and oxygen atoms in total. The van der Waals surface area contributed by atoms with Gasteiger partial charge in [-0.1, -0.05) is 28.1 Å². The van der Waals surface area contributed by atoms with Gasteiger partial charge in [0.05, 0.1) is 0 Å². The van der Waals surface area contributed by atoms with E-state index in [4.69, 9.17) is 9.52 Å². The van der Waals surface area contributed by atoms with Crippen molar-refractivity contribution < 1.29 is 9.52 Å². The van der Waals surface area contributed by atoms with Crippen LogP contribution in [0.5, 0.6) is 0 Å². The van der Waals surface area contributed by atoms with Gasteiger partial charge in [-0.2, -0.15) is 0 Å². The van der Waals surface area contributed by atoms with Crippen molar-refractivity contribution in [3.63, 3.8) is 0 Å². The molecule has 1 aromatic heterocycles. The normalized spacial score (nSPS) is 11.0. The molecule has 0 amide bonds. The first-order valence-electron chi connectivity index (χ1n) is 4.01. The average molecular weight is 241 g/mol. The van der Waals surface area contributed by atoms with Gasteiger partial charge in [0.2, 0.25) is 0 Å². The van der Waals surface area contributed by atoms with Crippen molar-refractivity contribution in [1.29, 1.82) is 0 Å². The van der Waals surface area contributed by atoms with Gasteiger partial charge in [-0.15, -0.1) is 0 Å². The summed E-state index contributed by atoms with van der Waals surface area (Å²) in [5.41, 5.74) is 0. The Balaban J connectivity index is 2.87. The van der Waals surface area contributed by atoms with Gasteiger partial charge in [0.1, 0.15) is 18.1 Å². The number of aryl methyl sites for hydroxylation is 1. The predicted octanol–water partition coefficient (Wildman–Crippen LogP) is 3.00. The van der Waals surface area contributed by atoms with E-state index in [1.807, 2.05) is 25.1 Å². The predicted molar refractivity (Wildman–Crippen MR) is 54.6 cm³/mol. The Morgan fingerprint density at radius 2 is 2.23 bits per heavy atom. The molecule has 0 aliphatic heterocycles. The number of benzene rings is 1. The molecule has 1 N–H and O–H groups in total. The number of fused-ring (bicyclic) bond motifs is 1. The number of hydrogen-bond donors (Lipinski definition) is 1.